The Kier molecular flexibility index (Phi) is 5.64. The molecule has 0 atom stereocenters. The highest BCUT2D eigenvalue weighted by Gasteiger charge is 2.30. The van der Waals surface area contributed by atoms with Gasteiger partial charge in [-0.05, 0) is 44.0 Å². The third-order valence-electron chi connectivity index (χ3n) is 2.95. The molecular formula is C18H18F3N. The Balaban J connectivity index is 2.94. The highest BCUT2D eigenvalue weighted by atomic mass is 19.4. The van der Waals surface area contributed by atoms with E-state index in [2.05, 4.69) is 30.3 Å². The molecule has 0 saturated carbocycles. The van der Waals surface area contributed by atoms with Crippen LogP contribution in [-0.4, -0.2) is 6.18 Å². The summed E-state index contributed by atoms with van der Waals surface area (Å²) in [5, 5.41) is 2.85. The number of rotatable bonds is 4. The summed E-state index contributed by atoms with van der Waals surface area (Å²) >= 11 is 0. The van der Waals surface area contributed by atoms with Crippen LogP contribution in [0.25, 0.3) is 5.70 Å². The zero-order chi connectivity index (χ0) is 16.9. The van der Waals surface area contributed by atoms with Crippen molar-refractivity contribution in [2.45, 2.75) is 26.9 Å². The zero-order valence-corrected chi connectivity index (χ0v) is 12.9. The molecule has 0 amide bonds. The molecule has 0 saturated heterocycles. The molecular weight excluding hydrogens is 287 g/mol. The van der Waals surface area contributed by atoms with Crippen LogP contribution >= 0.6 is 0 Å². The summed E-state index contributed by atoms with van der Waals surface area (Å²) in [4.78, 5) is 0. The first-order valence-electron chi connectivity index (χ1n) is 6.59. The number of hydrogen-bond donors (Lipinski definition) is 1. The third kappa shape index (κ3) is 4.85. The molecule has 0 aliphatic carbocycles. The zero-order valence-electron chi connectivity index (χ0n) is 12.9. The molecule has 1 nitrogen and oxygen atoms in total. The van der Waals surface area contributed by atoms with E-state index in [1.165, 1.54) is 6.92 Å². The quantitative estimate of drug-likeness (QED) is 0.613. The molecule has 1 aromatic rings. The summed E-state index contributed by atoms with van der Waals surface area (Å²) < 4.78 is 37.3. The van der Waals surface area contributed by atoms with Crippen LogP contribution in [0.5, 0.6) is 0 Å². The van der Waals surface area contributed by atoms with E-state index in [0.717, 1.165) is 22.8 Å². The van der Waals surface area contributed by atoms with Crippen molar-refractivity contribution in [2.75, 3.05) is 0 Å². The molecule has 0 aromatic heterocycles. The van der Waals surface area contributed by atoms with Gasteiger partial charge in [0.1, 0.15) is 0 Å². The molecule has 0 fully saturated rings. The Bertz CT molecular complexity index is 683. The first-order chi connectivity index (χ1) is 10.1. The lowest BCUT2D eigenvalue weighted by Crippen LogP contribution is -2.13. The maximum absolute atomic E-state index is 12.4. The van der Waals surface area contributed by atoms with Gasteiger partial charge in [-0.15, -0.1) is 5.92 Å². The monoisotopic (exact) mass is 305 g/mol. The number of aryl methyl sites for hydroxylation is 1. The van der Waals surface area contributed by atoms with Crippen LogP contribution in [0, 0.1) is 18.8 Å². The fourth-order valence-electron chi connectivity index (χ4n) is 1.77. The predicted octanol–water partition coefficient (Wildman–Crippen LogP) is 4.95. The number of nitrogens with one attached hydrogen (secondary N) is 1. The highest BCUT2D eigenvalue weighted by molar-refractivity contribution is 5.65. The van der Waals surface area contributed by atoms with Gasteiger partial charge in [-0.1, -0.05) is 31.2 Å². The van der Waals surface area contributed by atoms with E-state index < -0.39 is 11.7 Å². The number of benzene rings is 1. The second-order valence-electron chi connectivity index (χ2n) is 4.86. The van der Waals surface area contributed by atoms with Crippen LogP contribution in [0.2, 0.25) is 0 Å². The van der Waals surface area contributed by atoms with E-state index in [-0.39, 0.29) is 0 Å². The van der Waals surface area contributed by atoms with Gasteiger partial charge in [0, 0.05) is 17.0 Å². The first kappa shape index (κ1) is 17.6. The summed E-state index contributed by atoms with van der Waals surface area (Å²) in [7, 11) is 0. The normalized spacial score (nSPS) is 11.5. The molecule has 116 valence electrons. The Morgan fingerprint density at radius 2 is 1.91 bits per heavy atom. The fraction of sp³-hybridized carbons (Fsp3) is 0.222. The average Bonchev–Trinajstić information content (AvgIpc) is 2.40. The lowest BCUT2D eigenvalue weighted by Gasteiger charge is -2.13. The van der Waals surface area contributed by atoms with Gasteiger partial charge in [0.05, 0.1) is 5.57 Å². The molecule has 1 rings (SSSR count). The van der Waals surface area contributed by atoms with E-state index in [4.69, 9.17) is 0 Å². The van der Waals surface area contributed by atoms with Crippen LogP contribution in [-0.2, 0) is 0 Å². The SMILES string of the molecule is C=C(N/C(C)=C/C(=C)C(F)(F)F)c1ccc(C)c(C#CC)c1. The average molecular weight is 305 g/mol. The van der Waals surface area contributed by atoms with Gasteiger partial charge >= 0.3 is 6.18 Å². The van der Waals surface area contributed by atoms with Crippen LogP contribution in [0.15, 0.2) is 48.7 Å². The smallest absolute Gasteiger partial charge is 0.359 e. The minimum atomic E-state index is -4.43. The summed E-state index contributed by atoms with van der Waals surface area (Å²) in [6.07, 6.45) is -3.48. The molecule has 0 radical (unpaired) electrons. The van der Waals surface area contributed by atoms with Crippen LogP contribution in [0.4, 0.5) is 13.2 Å². The van der Waals surface area contributed by atoms with Crippen LogP contribution in [0.3, 0.4) is 0 Å². The van der Waals surface area contributed by atoms with Crippen molar-refractivity contribution in [3.63, 3.8) is 0 Å². The van der Waals surface area contributed by atoms with Crippen molar-refractivity contribution in [1.82, 2.24) is 5.32 Å². The number of alkyl halides is 3. The minimum Gasteiger partial charge on any atom is -0.359 e. The van der Waals surface area contributed by atoms with Gasteiger partial charge in [0.2, 0.25) is 0 Å². The third-order valence-corrected chi connectivity index (χ3v) is 2.95. The number of halogens is 3. The van der Waals surface area contributed by atoms with Gasteiger partial charge < -0.3 is 5.32 Å². The lowest BCUT2D eigenvalue weighted by atomic mass is 10.0. The van der Waals surface area contributed by atoms with Crippen LogP contribution in [0.1, 0.15) is 30.5 Å². The first-order valence-corrected chi connectivity index (χ1v) is 6.59. The molecule has 0 spiro atoms. The molecule has 0 unspecified atom stereocenters. The van der Waals surface area contributed by atoms with E-state index in [1.807, 2.05) is 25.1 Å². The second kappa shape index (κ2) is 7.04. The second-order valence-corrected chi connectivity index (χ2v) is 4.86. The van der Waals surface area contributed by atoms with Crippen molar-refractivity contribution < 1.29 is 13.2 Å². The molecule has 0 heterocycles. The van der Waals surface area contributed by atoms with Gasteiger partial charge in [-0.25, -0.2) is 0 Å². The van der Waals surface area contributed by atoms with Gasteiger partial charge in [0.15, 0.2) is 0 Å². The van der Waals surface area contributed by atoms with Crippen molar-refractivity contribution in [2.24, 2.45) is 0 Å². The van der Waals surface area contributed by atoms with Crippen molar-refractivity contribution >= 4 is 5.70 Å². The van der Waals surface area contributed by atoms with Gasteiger partial charge in [-0.3, -0.25) is 0 Å². The largest absolute Gasteiger partial charge is 0.415 e. The summed E-state index contributed by atoms with van der Waals surface area (Å²) in [6.45, 7) is 12.1. The predicted molar refractivity (Wildman–Crippen MR) is 84.9 cm³/mol. The van der Waals surface area contributed by atoms with Crippen LogP contribution < -0.4 is 5.32 Å². The molecule has 0 aliphatic heterocycles. The molecule has 1 N–H and O–H groups in total. The Morgan fingerprint density at radius 3 is 2.45 bits per heavy atom. The molecule has 0 bridgehead atoms. The number of allylic oxidation sites excluding steroid dienone is 3. The standard InChI is InChI=1S/C18H18F3N/c1-6-7-16-11-17(9-8-12(16)2)15(5)22-14(4)10-13(3)18(19,20)21/h8-11,22H,3,5H2,1-2,4H3/b14-10+. The maximum Gasteiger partial charge on any atom is 0.415 e. The number of hydrogen-bond acceptors (Lipinski definition) is 1. The highest BCUT2D eigenvalue weighted by Crippen LogP contribution is 2.25. The van der Waals surface area contributed by atoms with E-state index in [0.29, 0.717) is 11.4 Å². The molecule has 22 heavy (non-hydrogen) atoms. The van der Waals surface area contributed by atoms with Crippen molar-refractivity contribution in [3.05, 3.63) is 65.4 Å². The van der Waals surface area contributed by atoms with E-state index in [1.54, 1.807) is 6.92 Å². The summed E-state index contributed by atoms with van der Waals surface area (Å²) in [5.41, 5.74) is 2.58. The summed E-state index contributed by atoms with van der Waals surface area (Å²) in [6, 6.07) is 5.60. The van der Waals surface area contributed by atoms with E-state index in [9.17, 15) is 13.2 Å². The molecule has 1 aromatic carbocycles. The fourth-order valence-corrected chi connectivity index (χ4v) is 1.77. The van der Waals surface area contributed by atoms with Gasteiger partial charge in [-0.2, -0.15) is 13.2 Å². The van der Waals surface area contributed by atoms with Gasteiger partial charge in [0.25, 0.3) is 0 Å². The topological polar surface area (TPSA) is 12.0 Å². The Hall–Kier alpha value is -2.41. The summed E-state index contributed by atoms with van der Waals surface area (Å²) in [5.74, 6) is 5.81. The van der Waals surface area contributed by atoms with Crippen molar-refractivity contribution in [3.8, 4) is 11.8 Å². The molecule has 0 aliphatic rings. The minimum absolute atomic E-state index is 0.316. The Morgan fingerprint density at radius 1 is 1.27 bits per heavy atom. The molecule has 4 heteroatoms. The van der Waals surface area contributed by atoms with Crippen molar-refractivity contribution in [1.29, 1.82) is 0 Å². The van der Waals surface area contributed by atoms with E-state index >= 15 is 0 Å². The Labute approximate surface area is 129 Å². The lowest BCUT2D eigenvalue weighted by molar-refractivity contribution is -0.0879. The maximum atomic E-state index is 12.4.